The number of thiophene rings is 1. The van der Waals surface area contributed by atoms with Crippen molar-refractivity contribution in [1.82, 2.24) is 0 Å². The molecule has 0 aliphatic carbocycles. The lowest BCUT2D eigenvalue weighted by atomic mass is 9.95. The summed E-state index contributed by atoms with van der Waals surface area (Å²) in [5.74, 6) is 2.18. The molecule has 72 valence electrons. The van der Waals surface area contributed by atoms with E-state index in [2.05, 4.69) is 19.1 Å². The molecule has 0 spiro atoms. The molecule has 1 saturated heterocycles. The summed E-state index contributed by atoms with van der Waals surface area (Å²) >= 11 is 3.68. The molecule has 1 aliphatic rings. The van der Waals surface area contributed by atoms with Crippen LogP contribution in [-0.2, 0) is 5.60 Å². The fourth-order valence-corrected chi connectivity index (χ4v) is 3.82. The van der Waals surface area contributed by atoms with Gasteiger partial charge in [-0.2, -0.15) is 11.8 Å². The van der Waals surface area contributed by atoms with Gasteiger partial charge in [-0.1, -0.05) is 0 Å². The third-order valence-corrected chi connectivity index (χ3v) is 4.70. The fourth-order valence-electron chi connectivity index (χ4n) is 1.64. The fraction of sp³-hybridized carbons (Fsp3) is 0.600. The minimum absolute atomic E-state index is 0.510. The van der Waals surface area contributed by atoms with E-state index in [0.717, 1.165) is 29.2 Å². The molecule has 1 N–H and O–H groups in total. The third-order valence-electron chi connectivity index (χ3n) is 2.52. The third kappa shape index (κ3) is 1.92. The average Bonchev–Trinajstić information content (AvgIpc) is 2.54. The van der Waals surface area contributed by atoms with Gasteiger partial charge in [0.1, 0.15) is 5.60 Å². The summed E-state index contributed by atoms with van der Waals surface area (Å²) in [6.07, 6.45) is 1.83. The van der Waals surface area contributed by atoms with E-state index in [1.54, 1.807) is 11.3 Å². The maximum atomic E-state index is 10.4. The van der Waals surface area contributed by atoms with Crippen LogP contribution < -0.4 is 0 Å². The molecule has 0 bridgehead atoms. The van der Waals surface area contributed by atoms with Crippen molar-refractivity contribution in [2.75, 3.05) is 11.5 Å². The number of rotatable bonds is 1. The van der Waals surface area contributed by atoms with Gasteiger partial charge in [-0.15, -0.1) is 11.3 Å². The summed E-state index contributed by atoms with van der Waals surface area (Å²) in [4.78, 5) is 2.45. The Morgan fingerprint density at radius 1 is 1.31 bits per heavy atom. The van der Waals surface area contributed by atoms with Crippen LogP contribution >= 0.6 is 23.1 Å². The maximum absolute atomic E-state index is 10.4. The van der Waals surface area contributed by atoms with Gasteiger partial charge in [-0.25, -0.2) is 0 Å². The minimum atomic E-state index is -0.510. The van der Waals surface area contributed by atoms with E-state index in [-0.39, 0.29) is 0 Å². The zero-order valence-electron chi connectivity index (χ0n) is 7.75. The van der Waals surface area contributed by atoms with E-state index in [4.69, 9.17) is 0 Å². The summed E-state index contributed by atoms with van der Waals surface area (Å²) in [6, 6.07) is 4.18. The van der Waals surface area contributed by atoms with E-state index in [9.17, 15) is 5.11 Å². The van der Waals surface area contributed by atoms with E-state index in [1.165, 1.54) is 4.88 Å². The second-order valence-electron chi connectivity index (χ2n) is 3.55. The van der Waals surface area contributed by atoms with Crippen molar-refractivity contribution in [3.05, 3.63) is 21.9 Å². The quantitative estimate of drug-likeness (QED) is 0.775. The van der Waals surface area contributed by atoms with Crippen LogP contribution in [0.2, 0.25) is 0 Å². The molecule has 1 aromatic rings. The van der Waals surface area contributed by atoms with E-state index >= 15 is 0 Å². The van der Waals surface area contributed by atoms with Crippen molar-refractivity contribution in [2.45, 2.75) is 25.4 Å². The van der Waals surface area contributed by atoms with Crippen LogP contribution in [0.3, 0.4) is 0 Å². The van der Waals surface area contributed by atoms with Crippen LogP contribution in [0.15, 0.2) is 12.1 Å². The van der Waals surface area contributed by atoms with Crippen LogP contribution in [0.25, 0.3) is 0 Å². The van der Waals surface area contributed by atoms with Gasteiger partial charge in [0, 0.05) is 9.75 Å². The first-order valence-electron chi connectivity index (χ1n) is 4.58. The van der Waals surface area contributed by atoms with Gasteiger partial charge in [-0.05, 0) is 43.4 Å². The number of hydrogen-bond acceptors (Lipinski definition) is 3. The van der Waals surface area contributed by atoms with Gasteiger partial charge in [-0.3, -0.25) is 0 Å². The first-order valence-corrected chi connectivity index (χ1v) is 6.55. The molecule has 2 rings (SSSR count). The van der Waals surface area contributed by atoms with Gasteiger partial charge in [0.25, 0.3) is 0 Å². The van der Waals surface area contributed by atoms with Crippen LogP contribution in [0.1, 0.15) is 22.6 Å². The van der Waals surface area contributed by atoms with Crippen LogP contribution in [0, 0.1) is 6.92 Å². The Labute approximate surface area is 87.2 Å². The van der Waals surface area contributed by atoms with Gasteiger partial charge < -0.3 is 5.11 Å². The standard InChI is InChI=1S/C10H14OS2/c1-8-2-3-9(13-8)10(11)4-6-12-7-5-10/h2-3,11H,4-7H2,1H3. The molecule has 3 heteroatoms. The highest BCUT2D eigenvalue weighted by Gasteiger charge is 2.32. The van der Waals surface area contributed by atoms with E-state index in [1.807, 2.05) is 11.8 Å². The van der Waals surface area contributed by atoms with E-state index in [0.29, 0.717) is 0 Å². The predicted octanol–water partition coefficient (Wildman–Crippen LogP) is 2.77. The first-order chi connectivity index (χ1) is 6.21. The number of aliphatic hydroxyl groups is 1. The van der Waals surface area contributed by atoms with Crippen LogP contribution in [0.5, 0.6) is 0 Å². The average molecular weight is 214 g/mol. The lowest BCUT2D eigenvalue weighted by molar-refractivity contribution is 0.0318. The van der Waals surface area contributed by atoms with E-state index < -0.39 is 5.60 Å². The lowest BCUT2D eigenvalue weighted by Crippen LogP contribution is -2.29. The number of hydrogen-bond donors (Lipinski definition) is 1. The lowest BCUT2D eigenvalue weighted by Gasteiger charge is -2.30. The Balaban J connectivity index is 2.22. The molecule has 1 aliphatic heterocycles. The second kappa shape index (κ2) is 3.64. The van der Waals surface area contributed by atoms with Crippen molar-refractivity contribution in [3.63, 3.8) is 0 Å². The molecule has 0 aromatic carbocycles. The molecule has 0 atom stereocenters. The maximum Gasteiger partial charge on any atom is 0.100 e. The van der Waals surface area contributed by atoms with Crippen molar-refractivity contribution < 1.29 is 5.11 Å². The van der Waals surface area contributed by atoms with Crippen LogP contribution in [-0.4, -0.2) is 16.6 Å². The summed E-state index contributed by atoms with van der Waals surface area (Å²) in [5.41, 5.74) is -0.510. The van der Waals surface area contributed by atoms with Gasteiger partial charge >= 0.3 is 0 Å². The minimum Gasteiger partial charge on any atom is -0.384 e. The largest absolute Gasteiger partial charge is 0.384 e. The van der Waals surface area contributed by atoms with Gasteiger partial charge in [0.05, 0.1) is 0 Å². The highest BCUT2D eigenvalue weighted by atomic mass is 32.2. The SMILES string of the molecule is Cc1ccc(C2(O)CCSCC2)s1. The van der Waals surface area contributed by atoms with Crippen molar-refractivity contribution in [2.24, 2.45) is 0 Å². The molecule has 1 aromatic heterocycles. The monoisotopic (exact) mass is 214 g/mol. The van der Waals surface area contributed by atoms with Crippen LogP contribution in [0.4, 0.5) is 0 Å². The van der Waals surface area contributed by atoms with Gasteiger partial charge in [0.15, 0.2) is 0 Å². The molecule has 0 amide bonds. The Kier molecular flexibility index (Phi) is 2.67. The Bertz CT molecular complexity index is 287. The zero-order valence-corrected chi connectivity index (χ0v) is 9.38. The molecule has 13 heavy (non-hydrogen) atoms. The molecule has 0 saturated carbocycles. The summed E-state index contributed by atoms with van der Waals surface area (Å²) in [5, 5.41) is 10.4. The van der Waals surface area contributed by atoms with Gasteiger partial charge in [0.2, 0.25) is 0 Å². The highest BCUT2D eigenvalue weighted by Crippen LogP contribution is 2.38. The summed E-state index contributed by atoms with van der Waals surface area (Å²) < 4.78 is 0. The molecule has 0 unspecified atom stereocenters. The van der Waals surface area contributed by atoms with Crippen molar-refractivity contribution in [1.29, 1.82) is 0 Å². The Morgan fingerprint density at radius 3 is 2.54 bits per heavy atom. The van der Waals surface area contributed by atoms with Crippen molar-refractivity contribution >= 4 is 23.1 Å². The number of aryl methyl sites for hydroxylation is 1. The summed E-state index contributed by atoms with van der Waals surface area (Å²) in [6.45, 7) is 2.09. The molecular formula is C10H14OS2. The molecular weight excluding hydrogens is 200 g/mol. The number of thioether (sulfide) groups is 1. The molecule has 1 nitrogen and oxygen atoms in total. The summed E-state index contributed by atoms with van der Waals surface area (Å²) in [7, 11) is 0. The predicted molar refractivity (Wildman–Crippen MR) is 59.5 cm³/mol. The Hall–Kier alpha value is 0.01000. The first kappa shape index (κ1) is 9.56. The molecule has 1 fully saturated rings. The highest BCUT2D eigenvalue weighted by molar-refractivity contribution is 7.99. The Morgan fingerprint density at radius 2 is 2.00 bits per heavy atom. The topological polar surface area (TPSA) is 20.2 Å². The molecule has 0 radical (unpaired) electrons. The van der Waals surface area contributed by atoms with Crippen molar-refractivity contribution in [3.8, 4) is 0 Å². The zero-order chi connectivity index (χ0) is 9.31. The normalized spacial score (nSPS) is 21.7. The smallest absolute Gasteiger partial charge is 0.100 e. The second-order valence-corrected chi connectivity index (χ2v) is 6.07. The molecule has 2 heterocycles.